The second kappa shape index (κ2) is 9.65. The van der Waals surface area contributed by atoms with Crippen molar-refractivity contribution in [1.82, 2.24) is 0 Å². The van der Waals surface area contributed by atoms with Crippen LogP contribution in [0.25, 0.3) is 0 Å². The Labute approximate surface area is 174 Å². The van der Waals surface area contributed by atoms with E-state index in [0.717, 1.165) is 5.75 Å². The minimum atomic E-state index is -0.172. The molecule has 2 rings (SSSR count). The van der Waals surface area contributed by atoms with Crippen molar-refractivity contribution in [1.29, 1.82) is 0 Å². The fourth-order valence-corrected chi connectivity index (χ4v) is 4.49. The molecule has 1 fully saturated rings. The van der Waals surface area contributed by atoms with Gasteiger partial charge in [-0.2, -0.15) is 0 Å². The molecule has 1 aliphatic carbocycles. The second-order valence-corrected chi connectivity index (χ2v) is 11.0. The highest BCUT2D eigenvalue weighted by molar-refractivity contribution is 5.30. The Morgan fingerprint density at radius 3 is 1.96 bits per heavy atom. The predicted molar refractivity (Wildman–Crippen MR) is 120 cm³/mol. The molecule has 0 aromatic heterocycles. The van der Waals surface area contributed by atoms with Crippen LogP contribution in [0.1, 0.15) is 105 Å². The fraction of sp³-hybridized carbons (Fsp3) is 0.769. The van der Waals surface area contributed by atoms with Crippen molar-refractivity contribution in [2.24, 2.45) is 16.7 Å². The van der Waals surface area contributed by atoms with Crippen molar-refractivity contribution in [3.05, 3.63) is 29.8 Å². The number of hydrogen-bond donors (Lipinski definition) is 0. The molecular formula is C26H44O2. The van der Waals surface area contributed by atoms with Gasteiger partial charge in [0.1, 0.15) is 5.75 Å². The number of ether oxygens (including phenoxy) is 2. The Kier molecular flexibility index (Phi) is 8.02. The molecule has 1 aliphatic rings. The van der Waals surface area contributed by atoms with Gasteiger partial charge in [0.25, 0.3) is 0 Å². The average molecular weight is 389 g/mol. The van der Waals surface area contributed by atoms with Crippen LogP contribution in [-0.2, 0) is 4.74 Å². The normalized spacial score (nSPS) is 19.6. The number of rotatable bonds is 8. The van der Waals surface area contributed by atoms with Gasteiger partial charge in [0.05, 0.1) is 6.10 Å². The molecular weight excluding hydrogens is 344 g/mol. The number of hydrogen-bond acceptors (Lipinski definition) is 2. The van der Waals surface area contributed by atoms with E-state index in [9.17, 15) is 0 Å². The molecule has 1 aromatic carbocycles. The van der Waals surface area contributed by atoms with E-state index in [2.05, 4.69) is 79.7 Å². The summed E-state index contributed by atoms with van der Waals surface area (Å²) in [5.41, 5.74) is 1.85. The van der Waals surface area contributed by atoms with Crippen molar-refractivity contribution >= 4 is 0 Å². The summed E-state index contributed by atoms with van der Waals surface area (Å²) in [5.74, 6) is 2.14. The summed E-state index contributed by atoms with van der Waals surface area (Å²) in [7, 11) is 0. The van der Waals surface area contributed by atoms with E-state index >= 15 is 0 Å². The molecule has 0 spiro atoms. The first-order valence-electron chi connectivity index (χ1n) is 11.4. The molecule has 0 radical (unpaired) electrons. The van der Waals surface area contributed by atoms with E-state index in [4.69, 9.17) is 9.47 Å². The summed E-state index contributed by atoms with van der Waals surface area (Å²) in [4.78, 5) is 0. The van der Waals surface area contributed by atoms with Crippen molar-refractivity contribution in [2.45, 2.75) is 112 Å². The first-order chi connectivity index (χ1) is 13.0. The molecule has 160 valence electrons. The first-order valence-corrected chi connectivity index (χ1v) is 11.4. The molecule has 0 N–H and O–H groups in total. The molecule has 1 saturated carbocycles. The van der Waals surface area contributed by atoms with Crippen LogP contribution in [0.4, 0.5) is 0 Å². The molecule has 1 aromatic rings. The van der Waals surface area contributed by atoms with Gasteiger partial charge < -0.3 is 9.47 Å². The van der Waals surface area contributed by atoms with Crippen LogP contribution in [0.3, 0.4) is 0 Å². The molecule has 0 saturated heterocycles. The van der Waals surface area contributed by atoms with Gasteiger partial charge in [-0.25, -0.2) is 0 Å². The zero-order chi connectivity index (χ0) is 20.9. The zero-order valence-corrected chi connectivity index (χ0v) is 19.7. The van der Waals surface area contributed by atoms with Crippen LogP contribution in [0, 0.1) is 16.7 Å². The van der Waals surface area contributed by atoms with E-state index < -0.39 is 0 Å². The van der Waals surface area contributed by atoms with Gasteiger partial charge in [0.2, 0.25) is 6.29 Å². The summed E-state index contributed by atoms with van der Waals surface area (Å²) < 4.78 is 12.7. The Morgan fingerprint density at radius 2 is 1.50 bits per heavy atom. The standard InChI is InChI=1S/C26H44O2/c1-19(2)23(18-25(5,6)7)21-12-14-22(15-13-21)28-24(27-20(3)4)26(8)16-10-9-11-17-26/h12-15,19-20,23-24H,9-11,16-18H2,1-8H3. The quantitative estimate of drug-likeness (QED) is 0.420. The Hall–Kier alpha value is -1.02. The zero-order valence-electron chi connectivity index (χ0n) is 19.7. The molecule has 0 heterocycles. The molecule has 2 heteroatoms. The van der Waals surface area contributed by atoms with Gasteiger partial charge in [-0.3, -0.25) is 0 Å². The lowest BCUT2D eigenvalue weighted by atomic mass is 9.75. The minimum Gasteiger partial charge on any atom is -0.464 e. The van der Waals surface area contributed by atoms with Crippen LogP contribution >= 0.6 is 0 Å². The monoisotopic (exact) mass is 388 g/mol. The van der Waals surface area contributed by atoms with Gasteiger partial charge in [-0.1, -0.05) is 72.9 Å². The summed E-state index contributed by atoms with van der Waals surface area (Å²) in [6.07, 6.45) is 7.45. The minimum absolute atomic E-state index is 0.105. The second-order valence-electron chi connectivity index (χ2n) is 11.0. The Morgan fingerprint density at radius 1 is 0.929 bits per heavy atom. The molecule has 0 aliphatic heterocycles. The van der Waals surface area contributed by atoms with E-state index in [1.165, 1.54) is 44.1 Å². The van der Waals surface area contributed by atoms with Gasteiger partial charge in [-0.15, -0.1) is 0 Å². The number of benzene rings is 1. The van der Waals surface area contributed by atoms with E-state index in [1.807, 2.05) is 0 Å². The van der Waals surface area contributed by atoms with Gasteiger partial charge in [0.15, 0.2) is 0 Å². The molecule has 0 bridgehead atoms. The molecule has 2 atom stereocenters. The molecule has 28 heavy (non-hydrogen) atoms. The maximum Gasteiger partial charge on any atom is 0.205 e. The van der Waals surface area contributed by atoms with E-state index in [-0.39, 0.29) is 17.8 Å². The van der Waals surface area contributed by atoms with E-state index in [1.54, 1.807) is 0 Å². The molecule has 2 unspecified atom stereocenters. The van der Waals surface area contributed by atoms with Crippen LogP contribution in [-0.4, -0.2) is 12.4 Å². The summed E-state index contributed by atoms with van der Waals surface area (Å²) in [6, 6.07) is 8.83. The van der Waals surface area contributed by atoms with Crippen LogP contribution < -0.4 is 4.74 Å². The van der Waals surface area contributed by atoms with Crippen LogP contribution in [0.2, 0.25) is 0 Å². The SMILES string of the molecule is CC(C)OC(Oc1ccc(C(CC(C)(C)C)C(C)C)cc1)C1(C)CCCCC1. The highest BCUT2D eigenvalue weighted by atomic mass is 16.7. The first kappa shape index (κ1) is 23.3. The molecule has 0 amide bonds. The maximum atomic E-state index is 6.44. The maximum absolute atomic E-state index is 6.44. The molecule has 2 nitrogen and oxygen atoms in total. The topological polar surface area (TPSA) is 18.5 Å². The fourth-order valence-electron chi connectivity index (χ4n) is 4.49. The van der Waals surface area contributed by atoms with Gasteiger partial charge in [-0.05, 0) is 68.1 Å². The van der Waals surface area contributed by atoms with Gasteiger partial charge in [0, 0.05) is 5.41 Å². The third-order valence-corrected chi connectivity index (χ3v) is 6.15. The van der Waals surface area contributed by atoms with Crippen molar-refractivity contribution in [3.8, 4) is 5.75 Å². The lowest BCUT2D eigenvalue weighted by Gasteiger charge is -2.40. The summed E-state index contributed by atoms with van der Waals surface area (Å²) in [5, 5.41) is 0. The lowest BCUT2D eigenvalue weighted by Crippen LogP contribution is -2.42. The smallest absolute Gasteiger partial charge is 0.205 e. The third kappa shape index (κ3) is 6.79. The summed E-state index contributed by atoms with van der Waals surface area (Å²) >= 11 is 0. The Balaban J connectivity index is 2.15. The largest absolute Gasteiger partial charge is 0.464 e. The van der Waals surface area contributed by atoms with Crippen molar-refractivity contribution < 1.29 is 9.47 Å². The highest BCUT2D eigenvalue weighted by Gasteiger charge is 2.38. The van der Waals surface area contributed by atoms with E-state index in [0.29, 0.717) is 17.3 Å². The third-order valence-electron chi connectivity index (χ3n) is 6.15. The van der Waals surface area contributed by atoms with Crippen LogP contribution in [0.5, 0.6) is 5.75 Å². The Bertz CT molecular complexity index is 573. The summed E-state index contributed by atoms with van der Waals surface area (Å²) in [6.45, 7) is 18.2. The van der Waals surface area contributed by atoms with Crippen molar-refractivity contribution in [2.75, 3.05) is 0 Å². The highest BCUT2D eigenvalue weighted by Crippen LogP contribution is 2.42. The van der Waals surface area contributed by atoms with Crippen LogP contribution in [0.15, 0.2) is 24.3 Å². The van der Waals surface area contributed by atoms with Crippen molar-refractivity contribution in [3.63, 3.8) is 0 Å². The average Bonchev–Trinajstić information content (AvgIpc) is 2.59. The van der Waals surface area contributed by atoms with Gasteiger partial charge >= 0.3 is 0 Å². The predicted octanol–water partition coefficient (Wildman–Crippen LogP) is 7.96. The lowest BCUT2D eigenvalue weighted by molar-refractivity contribution is -0.182.